The third-order valence-corrected chi connectivity index (χ3v) is 8.30. The van der Waals surface area contributed by atoms with Crippen molar-refractivity contribution in [2.24, 2.45) is 7.05 Å². The van der Waals surface area contributed by atoms with Crippen molar-refractivity contribution >= 4 is 16.8 Å². The van der Waals surface area contributed by atoms with E-state index in [2.05, 4.69) is 21.1 Å². The minimum absolute atomic E-state index is 0.0396. The molecule has 208 valence electrons. The Morgan fingerprint density at radius 1 is 1.12 bits per heavy atom. The first-order valence-corrected chi connectivity index (χ1v) is 13.6. The number of likely N-dealkylation sites (tertiary alicyclic amines) is 1. The first kappa shape index (κ1) is 26.2. The Bertz CT molecular complexity index is 1630. The van der Waals surface area contributed by atoms with Crippen LogP contribution >= 0.6 is 0 Å². The maximum atomic E-state index is 14.4. The van der Waals surface area contributed by atoms with E-state index in [1.54, 1.807) is 42.1 Å². The van der Waals surface area contributed by atoms with Crippen LogP contribution in [0.4, 0.5) is 8.78 Å². The second kappa shape index (κ2) is 9.83. The first-order valence-electron chi connectivity index (χ1n) is 13.6. The van der Waals surface area contributed by atoms with Gasteiger partial charge >= 0.3 is 0 Å². The van der Waals surface area contributed by atoms with E-state index in [-0.39, 0.29) is 23.1 Å². The number of hydrogen-bond acceptors (Lipinski definition) is 5. The Morgan fingerprint density at radius 2 is 1.88 bits per heavy atom. The zero-order chi connectivity index (χ0) is 28.3. The fourth-order valence-electron chi connectivity index (χ4n) is 6.18. The summed E-state index contributed by atoms with van der Waals surface area (Å²) in [7, 11) is 3.54. The van der Waals surface area contributed by atoms with Crippen molar-refractivity contribution in [2.75, 3.05) is 20.1 Å². The normalized spacial score (nSPS) is 18.2. The minimum atomic E-state index is -2.71. The highest BCUT2D eigenvalue weighted by atomic mass is 19.3. The molecule has 0 saturated carbocycles. The van der Waals surface area contributed by atoms with Crippen LogP contribution in [0.15, 0.2) is 48.9 Å². The Morgan fingerprint density at radius 3 is 2.52 bits per heavy atom. The van der Waals surface area contributed by atoms with Crippen molar-refractivity contribution in [3.8, 4) is 22.5 Å². The molecular weight excluding hydrogens is 512 g/mol. The van der Waals surface area contributed by atoms with Crippen LogP contribution in [0, 0.1) is 0 Å². The molecule has 0 spiro atoms. The number of aromatic nitrogens is 5. The fourth-order valence-corrected chi connectivity index (χ4v) is 6.18. The van der Waals surface area contributed by atoms with Gasteiger partial charge in [-0.2, -0.15) is 5.10 Å². The van der Waals surface area contributed by atoms with Crippen LogP contribution < -0.4 is 0 Å². The van der Waals surface area contributed by atoms with Crippen LogP contribution in [-0.2, 0) is 18.4 Å². The highest BCUT2D eigenvalue weighted by molar-refractivity contribution is 5.96. The van der Waals surface area contributed by atoms with Crippen molar-refractivity contribution in [3.63, 3.8) is 0 Å². The molecule has 2 aliphatic rings. The molecule has 8 nitrogen and oxygen atoms in total. The molecule has 3 aromatic heterocycles. The van der Waals surface area contributed by atoms with Gasteiger partial charge in [-0.3, -0.25) is 9.48 Å². The molecule has 1 atom stereocenters. The molecule has 6 rings (SSSR count). The van der Waals surface area contributed by atoms with Crippen molar-refractivity contribution in [3.05, 3.63) is 66.0 Å². The molecule has 1 unspecified atom stereocenters. The van der Waals surface area contributed by atoms with E-state index in [4.69, 9.17) is 9.97 Å². The Labute approximate surface area is 231 Å². The van der Waals surface area contributed by atoms with E-state index in [1.807, 2.05) is 32.0 Å². The number of likely N-dealkylation sites (N-methyl/N-ethyl adjacent to an activating group) is 1. The number of fused-ring (bicyclic) bond motifs is 2. The Hall–Kier alpha value is -4.08. The van der Waals surface area contributed by atoms with Gasteiger partial charge in [0.25, 0.3) is 6.43 Å². The third-order valence-electron chi connectivity index (χ3n) is 8.30. The predicted octanol–water partition coefficient (Wildman–Crippen LogP) is 5.68. The standard InChI is InChI=1S/C30H33F2N7O/c1-17(2)38-11-9-19(10-12-38)29-35-27(25-16-36(4)30(40)18(3)39(25)29)21-7-6-8-24-22(21)13-23(28(31)32)26(34-24)20-14-33-37(5)15-20/h6-8,13-15,18-19,28H,1,9-12,16H2,2-5H3. The van der Waals surface area contributed by atoms with Gasteiger partial charge in [0.1, 0.15) is 11.9 Å². The number of alkyl halides is 2. The smallest absolute Gasteiger partial charge is 0.265 e. The number of halogens is 2. The number of benzene rings is 1. The van der Waals surface area contributed by atoms with Gasteiger partial charge in [-0.05, 0) is 38.8 Å². The van der Waals surface area contributed by atoms with E-state index in [0.717, 1.165) is 54.4 Å². The van der Waals surface area contributed by atoms with Crippen LogP contribution in [0.25, 0.3) is 33.4 Å². The molecule has 0 aliphatic carbocycles. The highest BCUT2D eigenvalue weighted by Crippen LogP contribution is 2.41. The van der Waals surface area contributed by atoms with Gasteiger partial charge in [0.15, 0.2) is 0 Å². The molecule has 0 N–H and O–H groups in total. The molecule has 1 saturated heterocycles. The quantitative estimate of drug-likeness (QED) is 0.323. The molecule has 40 heavy (non-hydrogen) atoms. The maximum absolute atomic E-state index is 14.4. The lowest BCUT2D eigenvalue weighted by atomic mass is 9.95. The van der Waals surface area contributed by atoms with E-state index in [0.29, 0.717) is 23.0 Å². The molecular formula is C30H33F2N7O. The average Bonchev–Trinajstić information content (AvgIpc) is 3.54. The van der Waals surface area contributed by atoms with E-state index < -0.39 is 12.5 Å². The number of aryl methyl sites for hydroxylation is 1. The maximum Gasteiger partial charge on any atom is 0.265 e. The van der Waals surface area contributed by atoms with Gasteiger partial charge in [-0.25, -0.2) is 18.7 Å². The predicted molar refractivity (Wildman–Crippen MR) is 150 cm³/mol. The molecule has 2 aliphatic heterocycles. The summed E-state index contributed by atoms with van der Waals surface area (Å²) in [5, 5.41) is 4.76. The summed E-state index contributed by atoms with van der Waals surface area (Å²) < 4.78 is 32.5. The molecule has 1 aromatic carbocycles. The van der Waals surface area contributed by atoms with Crippen LogP contribution in [0.5, 0.6) is 0 Å². The summed E-state index contributed by atoms with van der Waals surface area (Å²) >= 11 is 0. The number of hydrogen-bond donors (Lipinski definition) is 0. The monoisotopic (exact) mass is 545 g/mol. The average molecular weight is 546 g/mol. The summed E-state index contributed by atoms with van der Waals surface area (Å²) in [5.74, 6) is 1.12. The lowest BCUT2D eigenvalue weighted by Gasteiger charge is -2.36. The number of pyridine rings is 1. The largest absolute Gasteiger partial charge is 0.375 e. The number of carbonyl (C=O) groups excluding carboxylic acids is 1. The van der Waals surface area contributed by atoms with Gasteiger partial charge in [0, 0.05) is 67.1 Å². The highest BCUT2D eigenvalue weighted by Gasteiger charge is 2.36. The number of nitrogens with zero attached hydrogens (tertiary/aromatic N) is 7. The SMILES string of the molecule is C=C(C)N1CCC(c2nc(-c3cccc4nc(-c5cnn(C)c5)c(C(F)F)cc34)c3n2C(C)C(=O)N(C)C3)CC1. The number of piperidine rings is 1. The van der Waals surface area contributed by atoms with Crippen molar-refractivity contribution in [2.45, 2.75) is 51.6 Å². The van der Waals surface area contributed by atoms with Crippen molar-refractivity contribution in [1.29, 1.82) is 0 Å². The van der Waals surface area contributed by atoms with Gasteiger partial charge in [-0.1, -0.05) is 18.7 Å². The molecule has 0 bridgehead atoms. The van der Waals surface area contributed by atoms with Gasteiger partial charge in [-0.15, -0.1) is 0 Å². The number of carbonyl (C=O) groups is 1. The van der Waals surface area contributed by atoms with E-state index >= 15 is 0 Å². The van der Waals surface area contributed by atoms with Crippen molar-refractivity contribution < 1.29 is 13.6 Å². The topological polar surface area (TPSA) is 72.1 Å². The fraction of sp³-hybridized carbons (Fsp3) is 0.400. The van der Waals surface area contributed by atoms with Crippen LogP contribution in [0.3, 0.4) is 0 Å². The third kappa shape index (κ3) is 4.26. The zero-order valence-electron chi connectivity index (χ0n) is 23.2. The minimum Gasteiger partial charge on any atom is -0.375 e. The lowest BCUT2D eigenvalue weighted by molar-refractivity contribution is -0.135. The summed E-state index contributed by atoms with van der Waals surface area (Å²) in [6.45, 7) is 10.2. The summed E-state index contributed by atoms with van der Waals surface area (Å²) in [5.41, 5.74) is 4.68. The first-order chi connectivity index (χ1) is 19.1. The summed E-state index contributed by atoms with van der Waals surface area (Å²) in [6.07, 6.45) is 2.33. The zero-order valence-corrected chi connectivity index (χ0v) is 23.2. The van der Waals surface area contributed by atoms with E-state index in [9.17, 15) is 13.6 Å². The number of imidazole rings is 1. The van der Waals surface area contributed by atoms with Gasteiger partial charge < -0.3 is 14.4 Å². The molecule has 1 fully saturated rings. The van der Waals surface area contributed by atoms with Crippen molar-refractivity contribution in [1.82, 2.24) is 34.1 Å². The van der Waals surface area contributed by atoms with Gasteiger partial charge in [0.05, 0.1) is 35.3 Å². The molecule has 0 radical (unpaired) electrons. The van der Waals surface area contributed by atoms with Crippen LogP contribution in [0.1, 0.15) is 62.2 Å². The second-order valence-corrected chi connectivity index (χ2v) is 11.0. The van der Waals surface area contributed by atoms with E-state index in [1.165, 1.54) is 0 Å². The van der Waals surface area contributed by atoms with Gasteiger partial charge in [0.2, 0.25) is 5.91 Å². The number of allylic oxidation sites excluding steroid dienone is 1. The lowest BCUT2D eigenvalue weighted by Crippen LogP contribution is -2.40. The molecule has 10 heteroatoms. The second-order valence-electron chi connectivity index (χ2n) is 11.0. The summed E-state index contributed by atoms with van der Waals surface area (Å²) in [4.78, 5) is 27.0. The summed E-state index contributed by atoms with van der Waals surface area (Å²) in [6, 6.07) is 6.79. The molecule has 4 aromatic rings. The Balaban J connectivity index is 1.53. The van der Waals surface area contributed by atoms with Crippen LogP contribution in [0.2, 0.25) is 0 Å². The molecule has 1 amide bonds. The van der Waals surface area contributed by atoms with Crippen LogP contribution in [-0.4, -0.2) is 60.2 Å². The number of amides is 1. The number of rotatable bonds is 5. The molecule has 5 heterocycles. The Kier molecular flexibility index (Phi) is 6.43.